The van der Waals surface area contributed by atoms with E-state index in [2.05, 4.69) is 17.6 Å². The molecule has 0 spiro atoms. The molecule has 0 aliphatic carbocycles. The number of hydrogen-bond acceptors (Lipinski definition) is 2. The zero-order valence-corrected chi connectivity index (χ0v) is 10.1. The van der Waals surface area contributed by atoms with Gasteiger partial charge in [0.2, 0.25) is 0 Å². The third-order valence-corrected chi connectivity index (χ3v) is 2.63. The minimum atomic E-state index is -0.768. The van der Waals surface area contributed by atoms with Crippen molar-refractivity contribution in [3.05, 3.63) is 0 Å². The van der Waals surface area contributed by atoms with Crippen molar-refractivity contribution >= 4 is 28.1 Å². The van der Waals surface area contributed by atoms with Crippen LogP contribution >= 0.6 is 12.2 Å². The van der Waals surface area contributed by atoms with E-state index in [1.54, 1.807) is 6.26 Å². The van der Waals surface area contributed by atoms with Gasteiger partial charge in [-0.1, -0.05) is 6.92 Å². The van der Waals surface area contributed by atoms with Crippen LogP contribution in [-0.4, -0.2) is 33.9 Å². The molecule has 0 aromatic carbocycles. The molecule has 0 fully saturated rings. The van der Waals surface area contributed by atoms with Gasteiger partial charge in [0, 0.05) is 35.4 Å². The average molecular weight is 222 g/mol. The minimum absolute atomic E-state index is 0.169. The van der Waals surface area contributed by atoms with Gasteiger partial charge < -0.3 is 10.6 Å². The van der Waals surface area contributed by atoms with Crippen LogP contribution in [-0.2, 0) is 10.8 Å². The van der Waals surface area contributed by atoms with Crippen LogP contribution in [0.1, 0.15) is 20.3 Å². The maximum absolute atomic E-state index is 10.9. The molecule has 0 rings (SSSR count). The van der Waals surface area contributed by atoms with E-state index < -0.39 is 10.8 Å². The maximum Gasteiger partial charge on any atom is 0.166 e. The van der Waals surface area contributed by atoms with Crippen molar-refractivity contribution in [3.63, 3.8) is 0 Å². The highest BCUT2D eigenvalue weighted by molar-refractivity contribution is 7.84. The van der Waals surface area contributed by atoms with Gasteiger partial charge in [-0.25, -0.2) is 0 Å². The Hall–Kier alpha value is -0.160. The smallest absolute Gasteiger partial charge is 0.166 e. The molecule has 0 saturated carbocycles. The summed E-state index contributed by atoms with van der Waals surface area (Å²) in [7, 11) is -0.768. The lowest BCUT2D eigenvalue weighted by atomic mass is 10.4. The molecule has 3 nitrogen and oxygen atoms in total. The van der Waals surface area contributed by atoms with Crippen LogP contribution < -0.4 is 10.6 Å². The van der Waals surface area contributed by atoms with Crippen LogP contribution in [0.15, 0.2) is 0 Å². The van der Waals surface area contributed by atoms with E-state index in [1.165, 1.54) is 0 Å². The van der Waals surface area contributed by atoms with E-state index in [0.29, 0.717) is 10.9 Å². The molecule has 2 N–H and O–H groups in total. The Kier molecular flexibility index (Phi) is 7.17. The van der Waals surface area contributed by atoms with Crippen LogP contribution in [0.5, 0.6) is 0 Å². The molecule has 5 heteroatoms. The number of rotatable bonds is 5. The average Bonchev–Trinajstić information content (AvgIpc) is 1.98. The topological polar surface area (TPSA) is 41.1 Å². The van der Waals surface area contributed by atoms with Crippen LogP contribution in [0.3, 0.4) is 0 Å². The van der Waals surface area contributed by atoms with Gasteiger partial charge in [0.1, 0.15) is 0 Å². The lowest BCUT2D eigenvalue weighted by Crippen LogP contribution is -2.42. The van der Waals surface area contributed by atoms with E-state index in [4.69, 9.17) is 12.2 Å². The Morgan fingerprint density at radius 2 is 2.23 bits per heavy atom. The first-order chi connectivity index (χ1) is 6.06. The highest BCUT2D eigenvalue weighted by Crippen LogP contribution is 1.85. The zero-order chi connectivity index (χ0) is 10.3. The van der Waals surface area contributed by atoms with Gasteiger partial charge in [0.25, 0.3) is 0 Å². The lowest BCUT2D eigenvalue weighted by Gasteiger charge is -2.15. The van der Waals surface area contributed by atoms with Gasteiger partial charge in [-0.2, -0.15) is 0 Å². The molecule has 0 aliphatic rings. The van der Waals surface area contributed by atoms with Crippen molar-refractivity contribution in [3.8, 4) is 0 Å². The van der Waals surface area contributed by atoms with Gasteiger partial charge in [-0.05, 0) is 25.6 Å². The monoisotopic (exact) mass is 222 g/mol. The van der Waals surface area contributed by atoms with Crippen molar-refractivity contribution in [2.45, 2.75) is 26.3 Å². The van der Waals surface area contributed by atoms with Gasteiger partial charge >= 0.3 is 0 Å². The fourth-order valence-electron chi connectivity index (χ4n) is 0.907. The van der Waals surface area contributed by atoms with E-state index in [1.807, 2.05) is 6.92 Å². The first kappa shape index (κ1) is 12.8. The normalized spacial score (nSPS) is 14.7. The molecule has 0 bridgehead atoms. The minimum Gasteiger partial charge on any atom is -0.363 e. The van der Waals surface area contributed by atoms with Crippen molar-refractivity contribution in [1.82, 2.24) is 10.6 Å². The van der Waals surface area contributed by atoms with Gasteiger partial charge in [-0.15, -0.1) is 0 Å². The van der Waals surface area contributed by atoms with Crippen molar-refractivity contribution < 1.29 is 4.21 Å². The molecular weight excluding hydrogens is 204 g/mol. The molecule has 0 aliphatic heterocycles. The second kappa shape index (κ2) is 7.26. The maximum atomic E-state index is 10.9. The number of nitrogens with one attached hydrogen (secondary N) is 2. The van der Waals surface area contributed by atoms with Crippen LogP contribution in [0.25, 0.3) is 0 Å². The summed E-state index contributed by atoms with van der Waals surface area (Å²) < 4.78 is 10.9. The largest absolute Gasteiger partial charge is 0.363 e. The molecule has 78 valence electrons. The highest BCUT2D eigenvalue weighted by Gasteiger charge is 2.04. The Morgan fingerprint density at radius 3 is 2.69 bits per heavy atom. The second-order valence-corrected chi connectivity index (χ2v) is 4.93. The Morgan fingerprint density at radius 1 is 1.62 bits per heavy atom. The highest BCUT2D eigenvalue weighted by atomic mass is 32.2. The molecule has 0 amide bonds. The molecule has 13 heavy (non-hydrogen) atoms. The summed E-state index contributed by atoms with van der Waals surface area (Å²) in [5, 5.41) is 6.78. The summed E-state index contributed by atoms with van der Waals surface area (Å²) in [5.41, 5.74) is 0. The molecular formula is C8H18N2OS2. The van der Waals surface area contributed by atoms with E-state index in [0.717, 1.165) is 13.0 Å². The van der Waals surface area contributed by atoms with Crippen LogP contribution in [0, 0.1) is 0 Å². The Balaban J connectivity index is 3.59. The molecule has 0 aromatic heterocycles. The first-order valence-electron chi connectivity index (χ1n) is 4.40. The van der Waals surface area contributed by atoms with Crippen molar-refractivity contribution in [1.29, 1.82) is 0 Å². The molecule has 0 saturated heterocycles. The van der Waals surface area contributed by atoms with E-state index in [9.17, 15) is 4.21 Å². The summed E-state index contributed by atoms with van der Waals surface area (Å²) in [6.45, 7) is 4.94. The quantitative estimate of drug-likeness (QED) is 0.670. The first-order valence-corrected chi connectivity index (χ1v) is 6.54. The fourth-order valence-corrected chi connectivity index (χ4v) is 2.00. The van der Waals surface area contributed by atoms with Crippen LogP contribution in [0.4, 0.5) is 0 Å². The Bertz CT molecular complexity index is 185. The summed E-state index contributed by atoms with van der Waals surface area (Å²) in [6, 6.07) is 0.169. The summed E-state index contributed by atoms with van der Waals surface area (Å²) in [6.07, 6.45) is 2.75. The zero-order valence-electron chi connectivity index (χ0n) is 8.42. The molecule has 0 radical (unpaired) electrons. The molecule has 0 heterocycles. The number of hydrogen-bond donors (Lipinski definition) is 2. The SMILES string of the molecule is CCCNC(=S)NC(C)CS(C)=O. The van der Waals surface area contributed by atoms with Gasteiger partial charge in [0.05, 0.1) is 0 Å². The van der Waals surface area contributed by atoms with Gasteiger partial charge in [-0.3, -0.25) is 4.21 Å². The van der Waals surface area contributed by atoms with E-state index in [-0.39, 0.29) is 6.04 Å². The van der Waals surface area contributed by atoms with Crippen molar-refractivity contribution in [2.75, 3.05) is 18.6 Å². The second-order valence-electron chi connectivity index (χ2n) is 3.04. The van der Waals surface area contributed by atoms with Crippen LogP contribution in [0.2, 0.25) is 0 Å². The van der Waals surface area contributed by atoms with Crippen molar-refractivity contribution in [2.24, 2.45) is 0 Å². The third kappa shape index (κ3) is 8.18. The van der Waals surface area contributed by atoms with E-state index >= 15 is 0 Å². The molecule has 2 unspecified atom stereocenters. The summed E-state index contributed by atoms with van der Waals surface area (Å²) in [4.78, 5) is 0. The fraction of sp³-hybridized carbons (Fsp3) is 0.875. The molecule has 0 aromatic rings. The van der Waals surface area contributed by atoms with Gasteiger partial charge in [0.15, 0.2) is 5.11 Å². The Labute approximate surface area is 88.1 Å². The number of thiocarbonyl (C=S) groups is 1. The predicted octanol–water partition coefficient (Wildman–Crippen LogP) is 0.627. The summed E-state index contributed by atoms with van der Waals surface area (Å²) in [5.74, 6) is 0.633. The lowest BCUT2D eigenvalue weighted by molar-refractivity contribution is 0.667. The third-order valence-electron chi connectivity index (χ3n) is 1.40. The molecule has 2 atom stereocenters. The predicted molar refractivity (Wildman–Crippen MR) is 62.4 cm³/mol. The summed E-state index contributed by atoms with van der Waals surface area (Å²) >= 11 is 5.03. The standard InChI is InChI=1S/C8H18N2OS2/c1-4-5-9-8(12)10-7(2)6-13(3)11/h7H,4-6H2,1-3H3,(H2,9,10,12).